The largest absolute Gasteiger partial charge is 0.392 e. The Bertz CT molecular complexity index is 488. The van der Waals surface area contributed by atoms with Crippen LogP contribution in [0.5, 0.6) is 0 Å². The number of ether oxygens (including phenoxy) is 1. The monoisotopic (exact) mass is 308 g/mol. The van der Waals surface area contributed by atoms with Gasteiger partial charge in [-0.05, 0) is 26.2 Å². The third-order valence-corrected chi connectivity index (χ3v) is 4.10. The number of anilines is 2. The smallest absolute Gasteiger partial charge is 0.132 e. The number of nitrogens with two attached hydrogens (primary N) is 1. The highest BCUT2D eigenvalue weighted by Gasteiger charge is 2.21. The molecule has 0 aliphatic carbocycles. The molecule has 0 radical (unpaired) electrons. The molecule has 0 saturated carbocycles. The normalized spacial score (nSPS) is 15.8. The van der Waals surface area contributed by atoms with Crippen LogP contribution in [0.2, 0.25) is 0 Å². The van der Waals surface area contributed by atoms with Crippen LogP contribution in [0.1, 0.15) is 43.5 Å². The Morgan fingerprint density at radius 3 is 2.55 bits per heavy atom. The van der Waals surface area contributed by atoms with Gasteiger partial charge in [0.2, 0.25) is 0 Å². The van der Waals surface area contributed by atoms with Gasteiger partial charge in [0, 0.05) is 49.2 Å². The summed E-state index contributed by atoms with van der Waals surface area (Å²) < 4.78 is 5.42. The summed E-state index contributed by atoms with van der Waals surface area (Å²) in [6.45, 7) is 6.79. The summed E-state index contributed by atoms with van der Waals surface area (Å²) in [7, 11) is 0. The molecule has 5 N–H and O–H groups in total. The highest BCUT2D eigenvalue weighted by atomic mass is 16.5. The number of pyridine rings is 1. The molecule has 1 aromatic rings. The molecule has 1 aliphatic heterocycles. The van der Waals surface area contributed by atoms with Gasteiger partial charge in [0.25, 0.3) is 0 Å². The van der Waals surface area contributed by atoms with Crippen LogP contribution in [0.25, 0.3) is 0 Å². The van der Waals surface area contributed by atoms with E-state index in [-0.39, 0.29) is 6.61 Å². The van der Waals surface area contributed by atoms with Crippen molar-refractivity contribution in [3.63, 3.8) is 0 Å². The standard InChI is InChI=1S/C16H28N4O2/c1-3-14-13(10-21)15(19-11-5-7-22-8-6-11)12(9-17)16(20-14)18-4-2/h11,21H,3-10,17H2,1-2H3,(H2,18,19,20). The summed E-state index contributed by atoms with van der Waals surface area (Å²) in [5.74, 6) is 0.827. The molecule has 6 nitrogen and oxygen atoms in total. The number of aliphatic hydroxyl groups excluding tert-OH is 1. The van der Waals surface area contributed by atoms with E-state index in [4.69, 9.17) is 10.5 Å². The predicted molar refractivity (Wildman–Crippen MR) is 89.1 cm³/mol. The first-order valence-corrected chi connectivity index (χ1v) is 8.18. The summed E-state index contributed by atoms with van der Waals surface area (Å²) >= 11 is 0. The lowest BCUT2D eigenvalue weighted by Crippen LogP contribution is -2.29. The Kier molecular flexibility index (Phi) is 6.42. The number of aryl methyl sites for hydroxylation is 1. The second-order valence-electron chi connectivity index (χ2n) is 5.52. The van der Waals surface area contributed by atoms with E-state index in [1.807, 2.05) is 6.92 Å². The first-order chi connectivity index (χ1) is 10.7. The summed E-state index contributed by atoms with van der Waals surface area (Å²) in [6.07, 6.45) is 2.71. The number of hydrogen-bond donors (Lipinski definition) is 4. The predicted octanol–water partition coefficient (Wildman–Crippen LogP) is 1.62. The molecule has 22 heavy (non-hydrogen) atoms. The van der Waals surface area contributed by atoms with Gasteiger partial charge in [-0.2, -0.15) is 0 Å². The molecular weight excluding hydrogens is 280 g/mol. The molecule has 0 amide bonds. The Balaban J connectivity index is 2.43. The van der Waals surface area contributed by atoms with E-state index in [9.17, 15) is 5.11 Å². The van der Waals surface area contributed by atoms with Gasteiger partial charge in [0.1, 0.15) is 5.82 Å². The fourth-order valence-electron chi connectivity index (χ4n) is 2.91. The van der Waals surface area contributed by atoms with Crippen molar-refractivity contribution in [3.8, 4) is 0 Å². The summed E-state index contributed by atoms with van der Waals surface area (Å²) in [6, 6.07) is 0.353. The van der Waals surface area contributed by atoms with E-state index >= 15 is 0 Å². The zero-order valence-corrected chi connectivity index (χ0v) is 13.6. The quantitative estimate of drug-likeness (QED) is 0.612. The zero-order valence-electron chi connectivity index (χ0n) is 13.6. The van der Waals surface area contributed by atoms with Gasteiger partial charge in [-0.25, -0.2) is 4.98 Å². The topological polar surface area (TPSA) is 92.4 Å². The van der Waals surface area contributed by atoms with Crippen LogP contribution >= 0.6 is 0 Å². The molecule has 1 fully saturated rings. The molecule has 1 saturated heterocycles. The van der Waals surface area contributed by atoms with Crippen molar-refractivity contribution in [2.24, 2.45) is 5.73 Å². The maximum Gasteiger partial charge on any atom is 0.132 e. The fourth-order valence-corrected chi connectivity index (χ4v) is 2.91. The second-order valence-corrected chi connectivity index (χ2v) is 5.52. The van der Waals surface area contributed by atoms with E-state index in [2.05, 4.69) is 22.5 Å². The molecule has 2 heterocycles. The summed E-state index contributed by atoms with van der Waals surface area (Å²) in [5.41, 5.74) is 9.68. The minimum Gasteiger partial charge on any atom is -0.392 e. The van der Waals surface area contributed by atoms with Crippen LogP contribution < -0.4 is 16.4 Å². The van der Waals surface area contributed by atoms with Gasteiger partial charge in [-0.15, -0.1) is 0 Å². The van der Waals surface area contributed by atoms with E-state index in [1.54, 1.807) is 0 Å². The van der Waals surface area contributed by atoms with Crippen molar-refractivity contribution in [3.05, 3.63) is 16.8 Å². The van der Waals surface area contributed by atoms with Crippen molar-refractivity contribution >= 4 is 11.5 Å². The lowest BCUT2D eigenvalue weighted by Gasteiger charge is -2.28. The van der Waals surface area contributed by atoms with Gasteiger partial charge in [0.05, 0.1) is 12.3 Å². The first-order valence-electron chi connectivity index (χ1n) is 8.18. The average Bonchev–Trinajstić information content (AvgIpc) is 2.55. The van der Waals surface area contributed by atoms with Crippen LogP contribution in [0.4, 0.5) is 11.5 Å². The molecule has 0 aromatic carbocycles. The molecule has 1 aliphatic rings. The van der Waals surface area contributed by atoms with Crippen LogP contribution in [-0.2, 0) is 24.3 Å². The fraction of sp³-hybridized carbons (Fsp3) is 0.688. The highest BCUT2D eigenvalue weighted by molar-refractivity contribution is 5.68. The number of nitrogens with zero attached hydrogens (tertiary/aromatic N) is 1. The number of aromatic nitrogens is 1. The summed E-state index contributed by atoms with van der Waals surface area (Å²) in [4.78, 5) is 4.66. The van der Waals surface area contributed by atoms with Crippen molar-refractivity contribution in [2.75, 3.05) is 30.4 Å². The van der Waals surface area contributed by atoms with E-state index in [0.717, 1.165) is 67.3 Å². The average molecular weight is 308 g/mol. The molecule has 2 rings (SSSR count). The maximum atomic E-state index is 9.83. The second kappa shape index (κ2) is 8.31. The zero-order chi connectivity index (χ0) is 15.9. The minimum absolute atomic E-state index is 0.0267. The first kappa shape index (κ1) is 17.0. The molecule has 0 atom stereocenters. The third kappa shape index (κ3) is 3.69. The van der Waals surface area contributed by atoms with Gasteiger partial charge in [0.15, 0.2) is 0 Å². The minimum atomic E-state index is -0.0267. The third-order valence-electron chi connectivity index (χ3n) is 4.10. The van der Waals surface area contributed by atoms with Gasteiger partial charge in [-0.3, -0.25) is 0 Å². The maximum absolute atomic E-state index is 9.83. The van der Waals surface area contributed by atoms with Crippen molar-refractivity contribution in [1.82, 2.24) is 4.98 Å². The molecule has 6 heteroatoms. The van der Waals surface area contributed by atoms with E-state index in [1.165, 1.54) is 0 Å². The number of hydrogen-bond acceptors (Lipinski definition) is 6. The van der Waals surface area contributed by atoms with Crippen molar-refractivity contribution in [2.45, 2.75) is 52.3 Å². The van der Waals surface area contributed by atoms with Crippen molar-refractivity contribution < 1.29 is 9.84 Å². The Morgan fingerprint density at radius 1 is 1.27 bits per heavy atom. The number of rotatable bonds is 7. The van der Waals surface area contributed by atoms with Gasteiger partial charge in [-0.1, -0.05) is 6.92 Å². The number of nitrogens with one attached hydrogen (secondary N) is 2. The Morgan fingerprint density at radius 2 is 2.00 bits per heavy atom. The molecule has 0 spiro atoms. The molecule has 124 valence electrons. The van der Waals surface area contributed by atoms with Crippen LogP contribution in [0, 0.1) is 0 Å². The van der Waals surface area contributed by atoms with Gasteiger partial charge < -0.3 is 26.2 Å². The van der Waals surface area contributed by atoms with E-state index < -0.39 is 0 Å². The lowest BCUT2D eigenvalue weighted by atomic mass is 10.0. The van der Waals surface area contributed by atoms with Crippen LogP contribution in [0.15, 0.2) is 0 Å². The Hall–Kier alpha value is -1.37. The van der Waals surface area contributed by atoms with Crippen LogP contribution in [-0.4, -0.2) is 35.9 Å². The molecule has 0 unspecified atom stereocenters. The lowest BCUT2D eigenvalue weighted by molar-refractivity contribution is 0.0904. The Labute approximate surface area is 132 Å². The van der Waals surface area contributed by atoms with Gasteiger partial charge >= 0.3 is 0 Å². The molecule has 1 aromatic heterocycles. The van der Waals surface area contributed by atoms with Crippen molar-refractivity contribution in [1.29, 1.82) is 0 Å². The summed E-state index contributed by atoms with van der Waals surface area (Å²) in [5, 5.41) is 16.7. The van der Waals surface area contributed by atoms with E-state index in [0.29, 0.717) is 12.6 Å². The number of aliphatic hydroxyl groups is 1. The SMILES string of the molecule is CCNc1nc(CC)c(CO)c(NC2CCOCC2)c1CN. The molecular formula is C16H28N4O2. The molecule has 0 bridgehead atoms. The highest BCUT2D eigenvalue weighted by Crippen LogP contribution is 2.31. The van der Waals surface area contributed by atoms with Crippen LogP contribution in [0.3, 0.4) is 0 Å².